The summed E-state index contributed by atoms with van der Waals surface area (Å²) < 4.78 is 0. The third-order valence-corrected chi connectivity index (χ3v) is 3.57. The van der Waals surface area contributed by atoms with E-state index in [2.05, 4.69) is 4.90 Å². The lowest BCUT2D eigenvalue weighted by molar-refractivity contribution is -0.384. The van der Waals surface area contributed by atoms with Gasteiger partial charge in [-0.25, -0.2) is 0 Å². The lowest BCUT2D eigenvalue weighted by atomic mass is 9.99. The Morgan fingerprint density at radius 2 is 1.95 bits per heavy atom. The molecule has 4 nitrogen and oxygen atoms in total. The summed E-state index contributed by atoms with van der Waals surface area (Å²) in [4.78, 5) is 12.9. The number of non-ortho nitro benzene ring substituents is 1. The highest BCUT2D eigenvalue weighted by Gasteiger charge is 2.24. The quantitative estimate of drug-likeness (QED) is 0.610. The fraction of sp³-hybridized carbons (Fsp3) is 0.200. The van der Waals surface area contributed by atoms with Crippen LogP contribution < -0.4 is 4.90 Å². The SMILES string of the molecule is CN1CCc2cc([N+](=O)[O-])cc(-c3ccccc3)c21. The van der Waals surface area contributed by atoms with Crippen molar-refractivity contribution in [3.63, 3.8) is 0 Å². The third kappa shape index (κ3) is 1.95. The van der Waals surface area contributed by atoms with Gasteiger partial charge in [0, 0.05) is 37.0 Å². The molecule has 0 N–H and O–H groups in total. The minimum absolute atomic E-state index is 0.174. The molecule has 0 saturated carbocycles. The predicted octanol–water partition coefficient (Wildman–Crippen LogP) is 3.25. The first-order valence-electron chi connectivity index (χ1n) is 6.24. The van der Waals surface area contributed by atoms with Crippen LogP contribution in [0.2, 0.25) is 0 Å². The van der Waals surface area contributed by atoms with Crippen molar-refractivity contribution < 1.29 is 4.92 Å². The third-order valence-electron chi connectivity index (χ3n) is 3.57. The summed E-state index contributed by atoms with van der Waals surface area (Å²) in [6.07, 6.45) is 0.868. The Balaban J connectivity index is 2.25. The summed E-state index contributed by atoms with van der Waals surface area (Å²) in [6.45, 7) is 0.913. The highest BCUT2D eigenvalue weighted by atomic mass is 16.6. The van der Waals surface area contributed by atoms with Gasteiger partial charge in [0.05, 0.1) is 4.92 Å². The van der Waals surface area contributed by atoms with Crippen LogP contribution in [-0.4, -0.2) is 18.5 Å². The summed E-state index contributed by atoms with van der Waals surface area (Å²) >= 11 is 0. The van der Waals surface area contributed by atoms with E-state index in [4.69, 9.17) is 0 Å². The van der Waals surface area contributed by atoms with Crippen molar-refractivity contribution in [2.24, 2.45) is 0 Å². The lowest BCUT2D eigenvalue weighted by Gasteiger charge is -2.17. The number of rotatable bonds is 2. The van der Waals surface area contributed by atoms with Gasteiger partial charge in [-0.2, -0.15) is 0 Å². The number of hydrogen-bond donors (Lipinski definition) is 0. The van der Waals surface area contributed by atoms with Crippen LogP contribution in [0.15, 0.2) is 42.5 Å². The topological polar surface area (TPSA) is 46.4 Å². The molecule has 0 unspecified atom stereocenters. The van der Waals surface area contributed by atoms with Crippen LogP contribution >= 0.6 is 0 Å². The first-order chi connectivity index (χ1) is 9.16. The average molecular weight is 254 g/mol. The van der Waals surface area contributed by atoms with E-state index < -0.39 is 0 Å². The monoisotopic (exact) mass is 254 g/mol. The Hall–Kier alpha value is -2.36. The van der Waals surface area contributed by atoms with E-state index in [1.54, 1.807) is 12.1 Å². The van der Waals surface area contributed by atoms with E-state index >= 15 is 0 Å². The van der Waals surface area contributed by atoms with Gasteiger partial charge in [-0.1, -0.05) is 30.3 Å². The van der Waals surface area contributed by atoms with Crippen LogP contribution in [0.3, 0.4) is 0 Å². The van der Waals surface area contributed by atoms with E-state index in [9.17, 15) is 10.1 Å². The highest BCUT2D eigenvalue weighted by molar-refractivity contribution is 5.84. The minimum Gasteiger partial charge on any atom is -0.374 e. The van der Waals surface area contributed by atoms with Crippen LogP contribution in [0.4, 0.5) is 11.4 Å². The normalized spacial score (nSPS) is 13.4. The molecule has 0 aliphatic carbocycles. The van der Waals surface area contributed by atoms with Crippen molar-refractivity contribution in [1.29, 1.82) is 0 Å². The van der Waals surface area contributed by atoms with Gasteiger partial charge in [-0.05, 0) is 17.5 Å². The zero-order chi connectivity index (χ0) is 13.4. The molecule has 1 aliphatic rings. The molecule has 0 saturated heterocycles. The molecule has 0 atom stereocenters. The molecule has 2 aromatic carbocycles. The first-order valence-corrected chi connectivity index (χ1v) is 6.24. The van der Waals surface area contributed by atoms with Crippen LogP contribution in [0.5, 0.6) is 0 Å². The number of nitrogens with zero attached hydrogens (tertiary/aromatic N) is 2. The molecule has 96 valence electrons. The molecule has 3 rings (SSSR count). The van der Waals surface area contributed by atoms with Crippen molar-refractivity contribution in [3.8, 4) is 11.1 Å². The van der Waals surface area contributed by atoms with Gasteiger partial charge in [-0.3, -0.25) is 10.1 Å². The van der Waals surface area contributed by atoms with E-state index in [-0.39, 0.29) is 10.6 Å². The van der Waals surface area contributed by atoms with Gasteiger partial charge in [0.1, 0.15) is 0 Å². The highest BCUT2D eigenvalue weighted by Crippen LogP contribution is 2.40. The largest absolute Gasteiger partial charge is 0.374 e. The molecule has 0 fully saturated rings. The lowest BCUT2D eigenvalue weighted by Crippen LogP contribution is -2.13. The van der Waals surface area contributed by atoms with Crippen molar-refractivity contribution in [1.82, 2.24) is 0 Å². The Morgan fingerprint density at radius 1 is 1.21 bits per heavy atom. The van der Waals surface area contributed by atoms with Crippen molar-refractivity contribution in [2.75, 3.05) is 18.5 Å². The summed E-state index contributed by atoms with van der Waals surface area (Å²) in [7, 11) is 2.03. The average Bonchev–Trinajstić information content (AvgIpc) is 2.80. The van der Waals surface area contributed by atoms with Gasteiger partial charge in [0.2, 0.25) is 0 Å². The first kappa shape index (κ1) is 11.7. The van der Waals surface area contributed by atoms with Crippen LogP contribution in [-0.2, 0) is 6.42 Å². The number of nitro groups is 1. The van der Waals surface area contributed by atoms with Gasteiger partial charge < -0.3 is 4.90 Å². The van der Waals surface area contributed by atoms with Crippen molar-refractivity contribution >= 4 is 11.4 Å². The number of hydrogen-bond acceptors (Lipinski definition) is 3. The molecular weight excluding hydrogens is 240 g/mol. The Bertz CT molecular complexity index is 638. The summed E-state index contributed by atoms with van der Waals surface area (Å²) in [6, 6.07) is 13.2. The van der Waals surface area contributed by atoms with E-state index in [0.29, 0.717) is 0 Å². The molecule has 2 aromatic rings. The maximum atomic E-state index is 11.1. The summed E-state index contributed by atoms with van der Waals surface area (Å²) in [5, 5.41) is 11.1. The van der Waals surface area contributed by atoms with E-state index in [1.807, 2.05) is 37.4 Å². The number of fused-ring (bicyclic) bond motifs is 1. The second kappa shape index (κ2) is 4.39. The number of nitro benzene ring substituents is 1. The van der Waals surface area contributed by atoms with Crippen LogP contribution in [0.1, 0.15) is 5.56 Å². The zero-order valence-electron chi connectivity index (χ0n) is 10.7. The second-order valence-corrected chi connectivity index (χ2v) is 4.80. The maximum Gasteiger partial charge on any atom is 0.270 e. The molecule has 0 radical (unpaired) electrons. The Kier molecular flexibility index (Phi) is 2.71. The molecular formula is C15H14N2O2. The molecule has 0 spiro atoms. The van der Waals surface area contributed by atoms with Gasteiger partial charge in [0.25, 0.3) is 5.69 Å². The predicted molar refractivity (Wildman–Crippen MR) is 75.5 cm³/mol. The smallest absolute Gasteiger partial charge is 0.270 e. The fourth-order valence-electron chi connectivity index (χ4n) is 2.66. The zero-order valence-corrected chi connectivity index (χ0v) is 10.7. The van der Waals surface area contributed by atoms with Gasteiger partial charge in [-0.15, -0.1) is 0 Å². The van der Waals surface area contributed by atoms with Crippen LogP contribution in [0.25, 0.3) is 11.1 Å². The second-order valence-electron chi connectivity index (χ2n) is 4.80. The van der Waals surface area contributed by atoms with Crippen molar-refractivity contribution in [3.05, 3.63) is 58.1 Å². The van der Waals surface area contributed by atoms with Crippen LogP contribution in [0, 0.1) is 10.1 Å². The molecule has 19 heavy (non-hydrogen) atoms. The summed E-state index contributed by atoms with van der Waals surface area (Å²) in [5.74, 6) is 0. The standard InChI is InChI=1S/C15H14N2O2/c1-16-8-7-12-9-13(17(18)19)10-14(15(12)16)11-5-3-2-4-6-11/h2-6,9-10H,7-8H2,1H3. The molecule has 4 heteroatoms. The summed E-state index contributed by atoms with van der Waals surface area (Å²) in [5.41, 5.74) is 4.33. The van der Waals surface area contributed by atoms with Crippen molar-refractivity contribution in [2.45, 2.75) is 6.42 Å². The molecule has 0 amide bonds. The Labute approximate surface area is 111 Å². The molecule has 1 aliphatic heterocycles. The number of likely N-dealkylation sites (N-methyl/N-ethyl adjacent to an activating group) is 1. The molecule has 0 bridgehead atoms. The maximum absolute atomic E-state index is 11.1. The fourth-order valence-corrected chi connectivity index (χ4v) is 2.66. The van der Waals surface area contributed by atoms with Gasteiger partial charge >= 0.3 is 0 Å². The van der Waals surface area contributed by atoms with E-state index in [1.165, 1.54) is 0 Å². The number of anilines is 1. The Morgan fingerprint density at radius 3 is 2.63 bits per heavy atom. The van der Waals surface area contributed by atoms with Gasteiger partial charge in [0.15, 0.2) is 0 Å². The van der Waals surface area contributed by atoms with E-state index in [0.717, 1.165) is 35.3 Å². The molecule has 1 heterocycles. The minimum atomic E-state index is -0.314. The number of benzene rings is 2. The molecule has 0 aromatic heterocycles.